The summed E-state index contributed by atoms with van der Waals surface area (Å²) in [7, 11) is 3.29. The van der Waals surface area contributed by atoms with Crippen LogP contribution in [-0.4, -0.2) is 41.2 Å². The van der Waals surface area contributed by atoms with Crippen LogP contribution in [0.4, 0.5) is 5.82 Å². The topological polar surface area (TPSA) is 96.4 Å². The van der Waals surface area contributed by atoms with Crippen LogP contribution in [0.5, 0.6) is 5.88 Å². The van der Waals surface area contributed by atoms with Gasteiger partial charge in [0.25, 0.3) is 5.91 Å². The van der Waals surface area contributed by atoms with Crippen LogP contribution in [0.1, 0.15) is 34.8 Å². The van der Waals surface area contributed by atoms with Gasteiger partial charge in [-0.3, -0.25) is 4.79 Å². The molecule has 2 heterocycles. The van der Waals surface area contributed by atoms with Crippen LogP contribution in [0, 0.1) is 5.92 Å². The second-order valence-electron chi connectivity index (χ2n) is 6.12. The molecule has 1 aliphatic carbocycles. The van der Waals surface area contributed by atoms with E-state index < -0.39 is 0 Å². The molecule has 0 bridgehead atoms. The number of aliphatic hydroxyl groups excluding tert-OH is 1. The molecule has 132 valence electrons. The van der Waals surface area contributed by atoms with Gasteiger partial charge in [-0.25, -0.2) is 9.97 Å². The maximum absolute atomic E-state index is 12.8. The SMILES string of the molecule is CNc1ncccc1C(=O)NC(c1ccc(OC)nc1)C1CC(O)C1. The molecule has 7 heteroatoms. The predicted molar refractivity (Wildman–Crippen MR) is 93.5 cm³/mol. The Kier molecular flexibility index (Phi) is 5.14. The first kappa shape index (κ1) is 17.2. The smallest absolute Gasteiger partial charge is 0.255 e. The van der Waals surface area contributed by atoms with E-state index in [2.05, 4.69) is 20.6 Å². The largest absolute Gasteiger partial charge is 0.481 e. The number of nitrogens with one attached hydrogen (secondary N) is 2. The monoisotopic (exact) mass is 342 g/mol. The maximum atomic E-state index is 12.8. The van der Waals surface area contributed by atoms with Crippen molar-refractivity contribution >= 4 is 11.7 Å². The highest BCUT2D eigenvalue weighted by Gasteiger charge is 2.36. The summed E-state index contributed by atoms with van der Waals surface area (Å²) in [4.78, 5) is 21.2. The number of pyridine rings is 2. The summed E-state index contributed by atoms with van der Waals surface area (Å²) in [5.74, 6) is 1.01. The predicted octanol–water partition coefficient (Wildman–Crippen LogP) is 1.77. The third-order valence-electron chi connectivity index (χ3n) is 4.52. The Balaban J connectivity index is 1.83. The molecule has 1 atom stereocenters. The molecular formula is C18H22N4O3. The molecule has 2 aromatic rings. The second-order valence-corrected chi connectivity index (χ2v) is 6.12. The number of amides is 1. The summed E-state index contributed by atoms with van der Waals surface area (Å²) in [6.07, 6.45) is 4.35. The van der Waals surface area contributed by atoms with Crippen LogP contribution < -0.4 is 15.4 Å². The van der Waals surface area contributed by atoms with E-state index in [-0.39, 0.29) is 24.0 Å². The summed E-state index contributed by atoms with van der Waals surface area (Å²) in [6, 6.07) is 6.90. The van der Waals surface area contributed by atoms with Crippen molar-refractivity contribution in [2.75, 3.05) is 19.5 Å². The van der Waals surface area contributed by atoms with E-state index in [1.54, 1.807) is 44.8 Å². The molecule has 0 saturated heterocycles. The Morgan fingerprint density at radius 3 is 2.72 bits per heavy atom. The molecule has 0 radical (unpaired) electrons. The number of aliphatic hydroxyl groups is 1. The molecule has 1 saturated carbocycles. The van der Waals surface area contributed by atoms with Crippen molar-refractivity contribution in [3.63, 3.8) is 0 Å². The molecule has 1 amide bonds. The lowest BCUT2D eigenvalue weighted by Gasteiger charge is -2.38. The van der Waals surface area contributed by atoms with E-state index in [0.717, 1.165) is 5.56 Å². The molecule has 2 aromatic heterocycles. The fraction of sp³-hybridized carbons (Fsp3) is 0.389. The van der Waals surface area contributed by atoms with Gasteiger partial charge >= 0.3 is 0 Å². The number of nitrogens with zero attached hydrogens (tertiary/aromatic N) is 2. The fourth-order valence-corrected chi connectivity index (χ4v) is 3.08. The lowest BCUT2D eigenvalue weighted by molar-refractivity contribution is 0.0234. The molecule has 0 aromatic carbocycles. The number of hydrogen-bond donors (Lipinski definition) is 3. The maximum Gasteiger partial charge on any atom is 0.255 e. The highest BCUT2D eigenvalue weighted by atomic mass is 16.5. The molecular weight excluding hydrogens is 320 g/mol. The Morgan fingerprint density at radius 1 is 1.32 bits per heavy atom. The van der Waals surface area contributed by atoms with Crippen molar-refractivity contribution in [3.8, 4) is 5.88 Å². The first-order chi connectivity index (χ1) is 12.1. The zero-order valence-corrected chi connectivity index (χ0v) is 14.3. The van der Waals surface area contributed by atoms with Gasteiger partial charge in [-0.1, -0.05) is 6.07 Å². The minimum atomic E-state index is -0.304. The molecule has 3 N–H and O–H groups in total. The number of methoxy groups -OCH3 is 1. The van der Waals surface area contributed by atoms with Crippen molar-refractivity contribution in [2.24, 2.45) is 5.92 Å². The average molecular weight is 342 g/mol. The average Bonchev–Trinajstić information content (AvgIpc) is 2.63. The lowest BCUT2D eigenvalue weighted by atomic mass is 9.75. The van der Waals surface area contributed by atoms with Gasteiger partial charge in [-0.15, -0.1) is 0 Å². The van der Waals surface area contributed by atoms with E-state index in [4.69, 9.17) is 4.74 Å². The van der Waals surface area contributed by atoms with Crippen molar-refractivity contribution in [2.45, 2.75) is 25.0 Å². The number of anilines is 1. The van der Waals surface area contributed by atoms with Gasteiger partial charge in [0.05, 0.1) is 24.8 Å². The molecule has 1 fully saturated rings. The number of carbonyl (C=O) groups is 1. The zero-order valence-electron chi connectivity index (χ0n) is 14.3. The first-order valence-electron chi connectivity index (χ1n) is 8.24. The van der Waals surface area contributed by atoms with Crippen molar-refractivity contribution in [3.05, 3.63) is 47.8 Å². The number of hydrogen-bond acceptors (Lipinski definition) is 6. The number of carbonyl (C=O) groups excluding carboxylic acids is 1. The van der Waals surface area contributed by atoms with Gasteiger partial charge in [-0.2, -0.15) is 0 Å². The molecule has 1 unspecified atom stereocenters. The molecule has 0 spiro atoms. The Labute approximate surface area is 146 Å². The van der Waals surface area contributed by atoms with Gasteiger partial charge in [0.15, 0.2) is 0 Å². The lowest BCUT2D eigenvalue weighted by Crippen LogP contribution is -2.41. The summed E-state index contributed by atoms with van der Waals surface area (Å²) in [5, 5.41) is 15.7. The Hall–Kier alpha value is -2.67. The summed E-state index contributed by atoms with van der Waals surface area (Å²) in [5.41, 5.74) is 1.37. The van der Waals surface area contributed by atoms with E-state index in [1.165, 1.54) is 0 Å². The summed E-state index contributed by atoms with van der Waals surface area (Å²) < 4.78 is 5.09. The minimum absolute atomic E-state index is 0.170. The van der Waals surface area contributed by atoms with E-state index in [1.807, 2.05) is 6.07 Å². The van der Waals surface area contributed by atoms with Crippen LogP contribution in [0.15, 0.2) is 36.7 Å². The van der Waals surface area contributed by atoms with Gasteiger partial charge < -0.3 is 20.5 Å². The van der Waals surface area contributed by atoms with E-state index >= 15 is 0 Å². The minimum Gasteiger partial charge on any atom is -0.481 e. The molecule has 1 aliphatic rings. The van der Waals surface area contributed by atoms with Crippen LogP contribution in [0.2, 0.25) is 0 Å². The highest BCUT2D eigenvalue weighted by molar-refractivity contribution is 5.98. The molecule has 3 rings (SSSR count). The van der Waals surface area contributed by atoms with Gasteiger partial charge in [0.2, 0.25) is 5.88 Å². The summed E-state index contributed by atoms with van der Waals surface area (Å²) in [6.45, 7) is 0. The van der Waals surface area contributed by atoms with E-state index in [0.29, 0.717) is 30.1 Å². The third-order valence-corrected chi connectivity index (χ3v) is 4.52. The van der Waals surface area contributed by atoms with Crippen molar-refractivity contribution in [1.29, 1.82) is 0 Å². The van der Waals surface area contributed by atoms with Crippen LogP contribution >= 0.6 is 0 Å². The fourth-order valence-electron chi connectivity index (χ4n) is 3.08. The highest BCUT2D eigenvalue weighted by Crippen LogP contribution is 2.38. The number of ether oxygens (including phenoxy) is 1. The van der Waals surface area contributed by atoms with E-state index in [9.17, 15) is 9.90 Å². The Morgan fingerprint density at radius 2 is 2.12 bits per heavy atom. The Bertz CT molecular complexity index is 729. The molecule has 7 nitrogen and oxygen atoms in total. The normalized spacial score (nSPS) is 20.3. The second kappa shape index (κ2) is 7.48. The van der Waals surface area contributed by atoms with Crippen molar-refractivity contribution in [1.82, 2.24) is 15.3 Å². The van der Waals surface area contributed by atoms with Gasteiger partial charge in [0.1, 0.15) is 5.82 Å². The van der Waals surface area contributed by atoms with Crippen LogP contribution in [0.3, 0.4) is 0 Å². The van der Waals surface area contributed by atoms with Crippen LogP contribution in [-0.2, 0) is 0 Å². The van der Waals surface area contributed by atoms with Gasteiger partial charge in [-0.05, 0) is 36.5 Å². The van der Waals surface area contributed by atoms with Gasteiger partial charge in [0, 0.05) is 25.5 Å². The zero-order chi connectivity index (χ0) is 17.8. The quantitative estimate of drug-likeness (QED) is 0.740. The molecule has 0 aliphatic heterocycles. The van der Waals surface area contributed by atoms with Crippen LogP contribution in [0.25, 0.3) is 0 Å². The standard InChI is InChI=1S/C18H22N4O3/c1-19-17-14(4-3-7-20-17)18(24)22-16(12-8-13(23)9-12)11-5-6-15(25-2)21-10-11/h3-7,10,12-13,16,23H,8-9H2,1-2H3,(H,19,20)(H,22,24). The van der Waals surface area contributed by atoms with Crippen molar-refractivity contribution < 1.29 is 14.6 Å². The first-order valence-corrected chi connectivity index (χ1v) is 8.24. The molecule has 25 heavy (non-hydrogen) atoms. The number of rotatable bonds is 6. The third kappa shape index (κ3) is 3.71. The summed E-state index contributed by atoms with van der Waals surface area (Å²) >= 11 is 0. The number of aromatic nitrogens is 2.